The number of nitrogens with zero attached hydrogens (tertiary/aromatic N) is 3. The molecule has 2 aromatic rings. The van der Waals surface area contributed by atoms with Gasteiger partial charge >= 0.3 is 0 Å². The van der Waals surface area contributed by atoms with Crippen LogP contribution in [0.15, 0.2) is 35.5 Å². The lowest BCUT2D eigenvalue weighted by Gasteiger charge is -2.41. The fourth-order valence-electron chi connectivity index (χ4n) is 4.45. The number of carbonyl (C=O) groups excluding carboxylic acids is 1. The smallest absolute Gasteiger partial charge is 0.248 e. The first-order valence-electron chi connectivity index (χ1n) is 10.1. The Labute approximate surface area is 164 Å². The highest BCUT2D eigenvalue weighted by atomic mass is 16.3. The number of carbonyl (C=O) groups is 1. The first-order chi connectivity index (χ1) is 13.6. The number of nitrogens with one attached hydrogen (secondary N) is 1. The van der Waals surface area contributed by atoms with E-state index in [1.54, 1.807) is 0 Å². The highest BCUT2D eigenvalue weighted by Crippen LogP contribution is 2.45. The molecular formula is C22H24N4O2. The third-order valence-electron chi connectivity index (χ3n) is 6.21. The van der Waals surface area contributed by atoms with Crippen molar-refractivity contribution < 1.29 is 9.90 Å². The first-order valence-corrected chi connectivity index (χ1v) is 10.1. The third-order valence-corrected chi connectivity index (χ3v) is 6.21. The molecule has 1 aromatic heterocycles. The minimum Gasteiger partial charge on any atom is -0.385 e. The van der Waals surface area contributed by atoms with Gasteiger partial charge in [0.25, 0.3) is 0 Å². The van der Waals surface area contributed by atoms with Gasteiger partial charge in [-0.3, -0.25) is 9.79 Å². The van der Waals surface area contributed by atoms with E-state index >= 15 is 0 Å². The number of fused-ring (bicyclic) bond motifs is 3. The van der Waals surface area contributed by atoms with Crippen LogP contribution >= 0.6 is 0 Å². The maximum absolute atomic E-state index is 12.7. The van der Waals surface area contributed by atoms with Crippen LogP contribution < -0.4 is 0 Å². The van der Waals surface area contributed by atoms with E-state index in [4.69, 9.17) is 0 Å². The molecule has 1 saturated carbocycles. The van der Waals surface area contributed by atoms with Crippen molar-refractivity contribution in [3.8, 4) is 0 Å². The lowest BCUT2D eigenvalue weighted by atomic mass is 9.72. The molecule has 144 valence electrons. The molecule has 1 amide bonds. The fraction of sp³-hybridized carbons (Fsp3) is 0.409. The van der Waals surface area contributed by atoms with Crippen LogP contribution in [-0.4, -0.2) is 44.7 Å². The molecule has 0 spiro atoms. The summed E-state index contributed by atoms with van der Waals surface area (Å²) in [5.41, 5.74) is 5.04. The zero-order chi connectivity index (χ0) is 19.3. The standard InChI is InChI=1S/C22H24N4O2/c1-2-14-12-24-21(25-14)18-11-19-16-5-3-6-17(22(28)8-4-9-22)15(16)7-10-26(19)20(27)13-23-18/h3,5-6,11-12,28H,2,4,7-10,13H2,1H3,(H,24,25). The number of aryl methyl sites for hydroxylation is 1. The van der Waals surface area contributed by atoms with Gasteiger partial charge < -0.3 is 15.0 Å². The number of aromatic amines is 1. The summed E-state index contributed by atoms with van der Waals surface area (Å²) in [4.78, 5) is 26.9. The second kappa shape index (κ2) is 6.41. The van der Waals surface area contributed by atoms with E-state index in [9.17, 15) is 9.90 Å². The minimum atomic E-state index is -0.712. The monoisotopic (exact) mass is 376 g/mol. The number of benzene rings is 1. The zero-order valence-electron chi connectivity index (χ0n) is 16.0. The van der Waals surface area contributed by atoms with Crippen molar-refractivity contribution in [1.29, 1.82) is 0 Å². The fourth-order valence-corrected chi connectivity index (χ4v) is 4.45. The van der Waals surface area contributed by atoms with Gasteiger partial charge in [0.1, 0.15) is 12.3 Å². The van der Waals surface area contributed by atoms with Gasteiger partial charge in [-0.1, -0.05) is 25.1 Å². The van der Waals surface area contributed by atoms with Crippen LogP contribution in [0.2, 0.25) is 0 Å². The quantitative estimate of drug-likeness (QED) is 0.864. The van der Waals surface area contributed by atoms with Crippen molar-refractivity contribution in [2.75, 3.05) is 13.1 Å². The molecular weight excluding hydrogens is 352 g/mol. The first kappa shape index (κ1) is 17.4. The Hall–Kier alpha value is -2.73. The number of allylic oxidation sites excluding steroid dienone is 1. The molecule has 3 aliphatic rings. The molecule has 3 heterocycles. The Balaban J connectivity index is 1.63. The zero-order valence-corrected chi connectivity index (χ0v) is 16.0. The molecule has 0 bridgehead atoms. The maximum Gasteiger partial charge on any atom is 0.248 e. The molecule has 1 aliphatic carbocycles. The van der Waals surface area contributed by atoms with Gasteiger partial charge in [0.15, 0.2) is 5.82 Å². The summed E-state index contributed by atoms with van der Waals surface area (Å²) in [6.07, 6.45) is 8.13. The van der Waals surface area contributed by atoms with Crippen LogP contribution in [0.4, 0.5) is 0 Å². The van der Waals surface area contributed by atoms with Crippen LogP contribution in [0.25, 0.3) is 5.70 Å². The van der Waals surface area contributed by atoms with Crippen molar-refractivity contribution in [3.05, 3.63) is 58.7 Å². The second-order valence-corrected chi connectivity index (χ2v) is 7.84. The van der Waals surface area contributed by atoms with Gasteiger partial charge in [-0.15, -0.1) is 0 Å². The van der Waals surface area contributed by atoms with Gasteiger partial charge in [-0.25, -0.2) is 4.98 Å². The highest BCUT2D eigenvalue weighted by Gasteiger charge is 2.40. The van der Waals surface area contributed by atoms with Gasteiger partial charge in [-0.05, 0) is 49.3 Å². The summed E-state index contributed by atoms with van der Waals surface area (Å²) in [6.45, 7) is 2.80. The predicted octanol–water partition coefficient (Wildman–Crippen LogP) is 2.57. The van der Waals surface area contributed by atoms with Crippen molar-refractivity contribution in [2.45, 2.75) is 44.6 Å². The highest BCUT2D eigenvalue weighted by molar-refractivity contribution is 6.13. The van der Waals surface area contributed by atoms with Gasteiger partial charge in [0.2, 0.25) is 5.91 Å². The number of aliphatic hydroxyl groups is 1. The van der Waals surface area contributed by atoms with Crippen molar-refractivity contribution in [1.82, 2.24) is 14.9 Å². The normalized spacial score (nSPS) is 20.5. The molecule has 2 aliphatic heterocycles. The van der Waals surface area contributed by atoms with Crippen molar-refractivity contribution >= 4 is 17.3 Å². The van der Waals surface area contributed by atoms with E-state index in [0.29, 0.717) is 18.1 Å². The molecule has 0 radical (unpaired) electrons. The molecule has 0 saturated heterocycles. The number of imidazole rings is 1. The number of aliphatic imine (C=N–C) groups is 1. The van der Waals surface area contributed by atoms with E-state index in [1.807, 2.05) is 29.3 Å². The number of hydrogen-bond donors (Lipinski definition) is 2. The largest absolute Gasteiger partial charge is 0.385 e. The molecule has 0 unspecified atom stereocenters. The third kappa shape index (κ3) is 2.63. The van der Waals surface area contributed by atoms with E-state index in [-0.39, 0.29) is 12.5 Å². The molecule has 1 fully saturated rings. The Morgan fingerprint density at radius 1 is 1.32 bits per heavy atom. The van der Waals surface area contributed by atoms with Crippen LogP contribution in [0.5, 0.6) is 0 Å². The topological polar surface area (TPSA) is 81.6 Å². The number of amides is 1. The Kier molecular flexibility index (Phi) is 3.98. The summed E-state index contributed by atoms with van der Waals surface area (Å²) in [7, 11) is 0. The van der Waals surface area contributed by atoms with E-state index < -0.39 is 5.60 Å². The number of aromatic nitrogens is 2. The molecule has 2 N–H and O–H groups in total. The summed E-state index contributed by atoms with van der Waals surface area (Å²) < 4.78 is 0. The average molecular weight is 376 g/mol. The summed E-state index contributed by atoms with van der Waals surface area (Å²) in [5, 5.41) is 11.0. The average Bonchev–Trinajstić information content (AvgIpc) is 3.10. The van der Waals surface area contributed by atoms with Gasteiger partial charge in [-0.2, -0.15) is 0 Å². The Bertz CT molecular complexity index is 1010. The van der Waals surface area contributed by atoms with Crippen LogP contribution in [0.3, 0.4) is 0 Å². The van der Waals surface area contributed by atoms with E-state index in [2.05, 4.69) is 28.0 Å². The molecule has 6 heteroatoms. The minimum absolute atomic E-state index is 0.00179. The Morgan fingerprint density at radius 2 is 2.18 bits per heavy atom. The molecule has 5 rings (SSSR count). The lowest BCUT2D eigenvalue weighted by Crippen LogP contribution is -2.39. The Morgan fingerprint density at radius 3 is 2.89 bits per heavy atom. The molecule has 1 aromatic carbocycles. The number of rotatable bonds is 3. The SMILES string of the molecule is CCc1c[nH]c(C2=NCC(=O)N3CCc4c(cccc4C4(O)CCC4)C3=C2)n1. The second-order valence-electron chi connectivity index (χ2n) is 7.84. The lowest BCUT2D eigenvalue weighted by molar-refractivity contribution is -0.126. The molecule has 0 atom stereocenters. The van der Waals surface area contributed by atoms with Crippen LogP contribution in [0, 0.1) is 0 Å². The van der Waals surface area contributed by atoms with Crippen molar-refractivity contribution in [3.63, 3.8) is 0 Å². The maximum atomic E-state index is 12.7. The predicted molar refractivity (Wildman–Crippen MR) is 107 cm³/mol. The van der Waals surface area contributed by atoms with Crippen LogP contribution in [-0.2, 0) is 23.2 Å². The number of hydrogen-bond acceptors (Lipinski definition) is 4. The summed E-state index contributed by atoms with van der Waals surface area (Å²) in [6, 6.07) is 6.08. The number of H-pyrrole nitrogens is 1. The van der Waals surface area contributed by atoms with Gasteiger partial charge in [0.05, 0.1) is 17.0 Å². The van der Waals surface area contributed by atoms with Gasteiger partial charge in [0, 0.05) is 18.3 Å². The molecule has 28 heavy (non-hydrogen) atoms. The van der Waals surface area contributed by atoms with E-state index in [0.717, 1.165) is 60.2 Å². The summed E-state index contributed by atoms with van der Waals surface area (Å²) in [5.74, 6) is 0.696. The van der Waals surface area contributed by atoms with Crippen LogP contribution in [0.1, 0.15) is 54.4 Å². The van der Waals surface area contributed by atoms with Crippen molar-refractivity contribution in [2.24, 2.45) is 4.99 Å². The summed E-state index contributed by atoms with van der Waals surface area (Å²) >= 11 is 0. The van der Waals surface area contributed by atoms with E-state index in [1.165, 1.54) is 0 Å². The molecule has 6 nitrogen and oxygen atoms in total.